The molecule has 0 saturated carbocycles. The zero-order chi connectivity index (χ0) is 17.1. The van der Waals surface area contributed by atoms with Crippen LogP contribution in [0.5, 0.6) is 0 Å². The third kappa shape index (κ3) is 4.42. The molecule has 3 heterocycles. The lowest BCUT2D eigenvalue weighted by molar-refractivity contribution is 0.679. The fourth-order valence-electron chi connectivity index (χ4n) is 2.79. The summed E-state index contributed by atoms with van der Waals surface area (Å²) in [6, 6.07) is 12.4. The summed E-state index contributed by atoms with van der Waals surface area (Å²) in [4.78, 5) is 13.6. The number of aryl methyl sites for hydroxylation is 1. The normalized spacial score (nSPS) is 15.9. The van der Waals surface area contributed by atoms with E-state index in [9.17, 15) is 0 Å². The van der Waals surface area contributed by atoms with Gasteiger partial charge >= 0.3 is 0 Å². The number of para-hydroxylation sites is 1. The van der Waals surface area contributed by atoms with Gasteiger partial charge in [-0.2, -0.15) is 0 Å². The summed E-state index contributed by atoms with van der Waals surface area (Å²) < 4.78 is 0. The van der Waals surface area contributed by atoms with Crippen molar-refractivity contribution in [1.29, 1.82) is 0 Å². The zero-order valence-electron chi connectivity index (χ0n) is 14.4. The van der Waals surface area contributed by atoms with E-state index in [1.54, 1.807) is 11.3 Å². The van der Waals surface area contributed by atoms with Crippen LogP contribution in [0.15, 0.2) is 46.8 Å². The van der Waals surface area contributed by atoms with Gasteiger partial charge in [-0.1, -0.05) is 18.2 Å². The Bertz CT molecular complexity index is 909. The van der Waals surface area contributed by atoms with Crippen LogP contribution in [0.4, 0.5) is 5.82 Å². The van der Waals surface area contributed by atoms with Crippen LogP contribution in [0.1, 0.15) is 16.7 Å². The number of anilines is 1. The first-order valence-corrected chi connectivity index (χ1v) is 9.22. The second-order valence-corrected chi connectivity index (χ2v) is 6.98. The minimum absolute atomic E-state index is 0. The minimum atomic E-state index is 0. The van der Waals surface area contributed by atoms with Crippen LogP contribution in [0, 0.1) is 6.92 Å². The van der Waals surface area contributed by atoms with Crippen molar-refractivity contribution >= 4 is 58.0 Å². The Kier molecular flexibility index (Phi) is 6.25. The minimum Gasteiger partial charge on any atom is -0.368 e. The van der Waals surface area contributed by atoms with Gasteiger partial charge in [-0.25, -0.2) is 9.97 Å². The third-order valence-corrected chi connectivity index (χ3v) is 4.85. The van der Waals surface area contributed by atoms with Crippen molar-refractivity contribution in [3.05, 3.63) is 52.5 Å². The van der Waals surface area contributed by atoms with Crippen molar-refractivity contribution in [3.63, 3.8) is 0 Å². The molecule has 0 fully saturated rings. The van der Waals surface area contributed by atoms with Gasteiger partial charge in [0.2, 0.25) is 0 Å². The molecule has 8 heteroatoms. The van der Waals surface area contributed by atoms with Crippen molar-refractivity contribution in [2.45, 2.75) is 13.0 Å². The van der Waals surface area contributed by atoms with Crippen LogP contribution >= 0.6 is 35.3 Å². The molecule has 1 atom stereocenters. The lowest BCUT2D eigenvalue weighted by Gasteiger charge is -2.11. The van der Waals surface area contributed by atoms with Crippen molar-refractivity contribution in [2.24, 2.45) is 4.99 Å². The molecule has 0 amide bonds. The number of nitrogens with zero attached hydrogens (tertiary/aromatic N) is 3. The highest BCUT2D eigenvalue weighted by molar-refractivity contribution is 14.0. The maximum absolute atomic E-state index is 4.61. The first-order chi connectivity index (χ1) is 12.3. The molecule has 1 unspecified atom stereocenters. The number of hydrogen-bond donors (Lipinski definition) is 3. The molecule has 6 nitrogen and oxygen atoms in total. The SMILES string of the molecule is Cc1nc(C2CN=C(NCCNc3ccc4ccccc4n3)N2)cs1.I. The quantitative estimate of drug-likeness (QED) is 0.386. The van der Waals surface area contributed by atoms with E-state index < -0.39 is 0 Å². The number of aliphatic imine (C=N–C) groups is 1. The summed E-state index contributed by atoms with van der Waals surface area (Å²) in [5, 5.41) is 14.4. The number of aromatic nitrogens is 2. The fraction of sp³-hybridized carbons (Fsp3) is 0.278. The molecule has 0 bridgehead atoms. The Morgan fingerprint density at radius 3 is 2.81 bits per heavy atom. The van der Waals surface area contributed by atoms with Gasteiger partial charge in [0, 0.05) is 23.9 Å². The summed E-state index contributed by atoms with van der Waals surface area (Å²) in [6.07, 6.45) is 0. The highest BCUT2D eigenvalue weighted by Crippen LogP contribution is 2.19. The number of pyridine rings is 1. The molecule has 4 rings (SSSR count). The third-order valence-electron chi connectivity index (χ3n) is 4.06. The monoisotopic (exact) mass is 480 g/mol. The van der Waals surface area contributed by atoms with E-state index in [1.165, 1.54) is 0 Å². The van der Waals surface area contributed by atoms with Crippen LogP contribution in [0.2, 0.25) is 0 Å². The number of nitrogens with one attached hydrogen (secondary N) is 3. The molecule has 0 aliphatic carbocycles. The van der Waals surface area contributed by atoms with E-state index in [2.05, 4.69) is 48.4 Å². The van der Waals surface area contributed by atoms with Crippen LogP contribution in [-0.4, -0.2) is 35.6 Å². The van der Waals surface area contributed by atoms with Crippen LogP contribution in [0.3, 0.4) is 0 Å². The molecule has 3 N–H and O–H groups in total. The van der Waals surface area contributed by atoms with Gasteiger partial charge in [0.15, 0.2) is 5.96 Å². The fourth-order valence-corrected chi connectivity index (χ4v) is 3.46. The smallest absolute Gasteiger partial charge is 0.192 e. The molecule has 1 aromatic carbocycles. The number of benzene rings is 1. The Labute approximate surface area is 173 Å². The van der Waals surface area contributed by atoms with Crippen molar-refractivity contribution in [2.75, 3.05) is 25.0 Å². The van der Waals surface area contributed by atoms with E-state index in [0.29, 0.717) is 0 Å². The van der Waals surface area contributed by atoms with Gasteiger partial charge in [-0.15, -0.1) is 35.3 Å². The number of halogens is 1. The molecule has 1 aliphatic heterocycles. The highest BCUT2D eigenvalue weighted by Gasteiger charge is 2.20. The first-order valence-electron chi connectivity index (χ1n) is 8.34. The average molecular weight is 480 g/mol. The van der Waals surface area contributed by atoms with Crippen LogP contribution in [-0.2, 0) is 0 Å². The van der Waals surface area contributed by atoms with Crippen molar-refractivity contribution in [1.82, 2.24) is 20.6 Å². The predicted octanol–water partition coefficient (Wildman–Crippen LogP) is 3.32. The Hall–Kier alpha value is -1.94. The number of guanidine groups is 1. The summed E-state index contributed by atoms with van der Waals surface area (Å²) in [7, 11) is 0. The summed E-state index contributed by atoms with van der Waals surface area (Å²) >= 11 is 1.67. The Morgan fingerprint density at radius 2 is 1.96 bits per heavy atom. The van der Waals surface area contributed by atoms with Gasteiger partial charge in [-0.3, -0.25) is 4.99 Å². The second-order valence-electron chi connectivity index (χ2n) is 5.92. The first kappa shape index (κ1) is 18.8. The largest absolute Gasteiger partial charge is 0.368 e. The van der Waals surface area contributed by atoms with Crippen molar-refractivity contribution in [3.8, 4) is 0 Å². The molecule has 0 radical (unpaired) electrons. The van der Waals surface area contributed by atoms with Gasteiger partial charge in [0.1, 0.15) is 5.82 Å². The average Bonchev–Trinajstić information content (AvgIpc) is 3.27. The van der Waals surface area contributed by atoms with E-state index in [1.807, 2.05) is 31.2 Å². The Morgan fingerprint density at radius 1 is 1.12 bits per heavy atom. The van der Waals surface area contributed by atoms with E-state index in [0.717, 1.165) is 53.0 Å². The van der Waals surface area contributed by atoms with Crippen LogP contribution < -0.4 is 16.0 Å². The van der Waals surface area contributed by atoms with E-state index in [-0.39, 0.29) is 30.0 Å². The molecule has 0 spiro atoms. The topological polar surface area (TPSA) is 74.2 Å². The highest BCUT2D eigenvalue weighted by atomic mass is 127. The second kappa shape index (κ2) is 8.63. The molecular weight excluding hydrogens is 459 g/mol. The summed E-state index contributed by atoms with van der Waals surface area (Å²) in [5.74, 6) is 1.72. The predicted molar refractivity (Wildman–Crippen MR) is 119 cm³/mol. The van der Waals surface area contributed by atoms with E-state index in [4.69, 9.17) is 0 Å². The molecule has 1 aliphatic rings. The standard InChI is InChI=1S/C18H20N6S.HI/c1-12-22-16(11-25-12)15-10-21-18(24-15)20-9-8-19-17-7-6-13-4-2-3-5-14(13)23-17;/h2-7,11,15H,8-10H2,1H3,(H,19,23)(H2,20,21,24);1H. The Balaban J connectivity index is 0.00000196. The number of hydrogen-bond acceptors (Lipinski definition) is 7. The van der Waals surface area contributed by atoms with E-state index >= 15 is 0 Å². The molecule has 0 saturated heterocycles. The molecule has 26 heavy (non-hydrogen) atoms. The lowest BCUT2D eigenvalue weighted by Crippen LogP contribution is -2.37. The van der Waals surface area contributed by atoms with Crippen LogP contribution in [0.25, 0.3) is 10.9 Å². The molecular formula is C18H21IN6S. The summed E-state index contributed by atoms with van der Waals surface area (Å²) in [6.45, 7) is 4.29. The number of fused-ring (bicyclic) bond motifs is 1. The lowest BCUT2D eigenvalue weighted by atomic mass is 10.2. The van der Waals surface area contributed by atoms with Crippen molar-refractivity contribution < 1.29 is 0 Å². The zero-order valence-corrected chi connectivity index (χ0v) is 17.5. The molecule has 3 aromatic rings. The maximum Gasteiger partial charge on any atom is 0.192 e. The van der Waals surface area contributed by atoms with Gasteiger partial charge < -0.3 is 16.0 Å². The maximum atomic E-state index is 4.61. The molecule has 2 aromatic heterocycles. The number of thiazole rings is 1. The summed E-state index contributed by atoms with van der Waals surface area (Å²) in [5.41, 5.74) is 2.07. The van der Waals surface area contributed by atoms with Gasteiger partial charge in [-0.05, 0) is 25.1 Å². The van der Waals surface area contributed by atoms with Gasteiger partial charge in [0.25, 0.3) is 0 Å². The molecule has 136 valence electrons. The number of rotatable bonds is 5. The van der Waals surface area contributed by atoms with Gasteiger partial charge in [0.05, 0.1) is 28.8 Å².